The van der Waals surface area contributed by atoms with Crippen LogP contribution in [0, 0.1) is 0 Å². The van der Waals surface area contributed by atoms with E-state index in [9.17, 15) is 4.79 Å². The van der Waals surface area contributed by atoms with Crippen LogP contribution >= 0.6 is 0 Å². The summed E-state index contributed by atoms with van der Waals surface area (Å²) in [5.41, 5.74) is 2.41. The second-order valence-electron chi connectivity index (χ2n) is 5.60. The molecule has 1 rings (SSSR count). The van der Waals surface area contributed by atoms with Gasteiger partial charge in [0.2, 0.25) is 5.91 Å². The topological polar surface area (TPSA) is 41.6 Å². The zero-order valence-electron chi connectivity index (χ0n) is 13.7. The van der Waals surface area contributed by atoms with Crippen molar-refractivity contribution in [3.8, 4) is 0 Å². The van der Waals surface area contributed by atoms with Crippen molar-refractivity contribution < 1.29 is 9.53 Å². The Morgan fingerprint density at radius 3 is 2.71 bits per heavy atom. The Balaban J connectivity index is 2.37. The third kappa shape index (κ3) is 7.83. The summed E-state index contributed by atoms with van der Waals surface area (Å²) in [5, 5.41) is 2.93. The molecule has 0 aliphatic rings. The van der Waals surface area contributed by atoms with E-state index in [0.29, 0.717) is 19.6 Å². The van der Waals surface area contributed by atoms with E-state index in [2.05, 4.69) is 36.3 Å². The highest BCUT2D eigenvalue weighted by Crippen LogP contribution is 2.07. The van der Waals surface area contributed by atoms with Crippen LogP contribution in [0.25, 0.3) is 0 Å². The molecule has 0 aliphatic carbocycles. The van der Waals surface area contributed by atoms with Crippen LogP contribution in [0.5, 0.6) is 0 Å². The number of ether oxygens (including phenoxy) is 1. The maximum absolute atomic E-state index is 11.7. The molecule has 0 aromatic heterocycles. The van der Waals surface area contributed by atoms with E-state index >= 15 is 0 Å². The highest BCUT2D eigenvalue weighted by atomic mass is 16.5. The Morgan fingerprint density at radius 2 is 2.05 bits per heavy atom. The summed E-state index contributed by atoms with van der Waals surface area (Å²) in [6.45, 7) is 9.09. The minimum atomic E-state index is 0.0340. The molecule has 4 heteroatoms. The fourth-order valence-electron chi connectivity index (χ4n) is 1.94. The molecule has 118 valence electrons. The molecule has 4 nitrogen and oxygen atoms in total. The summed E-state index contributed by atoms with van der Waals surface area (Å²) in [6, 6.07) is 8.35. The molecule has 0 bridgehead atoms. The number of carbonyl (C=O) groups excluding carboxylic acids is 1. The number of nitrogens with zero attached hydrogens (tertiary/aromatic N) is 1. The van der Waals surface area contributed by atoms with Gasteiger partial charge in [-0.15, -0.1) is 0 Å². The lowest BCUT2D eigenvalue weighted by Gasteiger charge is -2.14. The van der Waals surface area contributed by atoms with Gasteiger partial charge in [0.1, 0.15) is 0 Å². The maximum atomic E-state index is 11.7. The van der Waals surface area contributed by atoms with Crippen LogP contribution in [0.3, 0.4) is 0 Å². The number of benzene rings is 1. The van der Waals surface area contributed by atoms with E-state index in [1.54, 1.807) is 0 Å². The van der Waals surface area contributed by atoms with Crippen molar-refractivity contribution >= 4 is 5.91 Å². The monoisotopic (exact) mass is 292 g/mol. The van der Waals surface area contributed by atoms with Crippen LogP contribution in [0.4, 0.5) is 0 Å². The number of hydrogen-bond acceptors (Lipinski definition) is 3. The number of amides is 1. The molecule has 0 unspecified atom stereocenters. The molecule has 0 spiro atoms. The van der Waals surface area contributed by atoms with Crippen LogP contribution in [0.2, 0.25) is 0 Å². The summed E-state index contributed by atoms with van der Waals surface area (Å²) < 4.78 is 5.37. The zero-order chi connectivity index (χ0) is 15.7. The molecule has 1 aromatic rings. The molecular formula is C17H28N2O2. The smallest absolute Gasteiger partial charge is 0.222 e. The number of nitrogens with one attached hydrogen (secondary N) is 1. The standard InChI is InChI=1S/C17H28N2O2/c1-5-19(4)13-16-8-6-7-15(11-16)12-18-17(20)9-10-21-14(2)3/h6-8,11,14H,5,9-10,12-13H2,1-4H3,(H,18,20). The Kier molecular flexibility index (Phi) is 8.01. The van der Waals surface area contributed by atoms with Crippen LogP contribution < -0.4 is 5.32 Å². The molecule has 0 saturated heterocycles. The van der Waals surface area contributed by atoms with Gasteiger partial charge in [-0.3, -0.25) is 4.79 Å². The summed E-state index contributed by atoms with van der Waals surface area (Å²) in [6.07, 6.45) is 0.584. The fourth-order valence-corrected chi connectivity index (χ4v) is 1.94. The predicted octanol–water partition coefficient (Wildman–Crippen LogP) is 2.57. The first-order valence-electron chi connectivity index (χ1n) is 7.66. The quantitative estimate of drug-likeness (QED) is 0.760. The highest BCUT2D eigenvalue weighted by molar-refractivity contribution is 5.75. The molecule has 0 atom stereocenters. The third-order valence-corrected chi connectivity index (χ3v) is 3.25. The molecule has 0 aliphatic heterocycles. The van der Waals surface area contributed by atoms with Crippen molar-refractivity contribution in [1.82, 2.24) is 10.2 Å². The average Bonchev–Trinajstić information content (AvgIpc) is 2.45. The fraction of sp³-hybridized carbons (Fsp3) is 0.588. The Morgan fingerprint density at radius 1 is 1.33 bits per heavy atom. The molecular weight excluding hydrogens is 264 g/mol. The Hall–Kier alpha value is -1.39. The lowest BCUT2D eigenvalue weighted by atomic mass is 10.1. The van der Waals surface area contributed by atoms with Crippen LogP contribution in [0.1, 0.15) is 38.3 Å². The van der Waals surface area contributed by atoms with E-state index < -0.39 is 0 Å². The van der Waals surface area contributed by atoms with E-state index in [1.807, 2.05) is 26.0 Å². The van der Waals surface area contributed by atoms with Crippen molar-refractivity contribution in [2.45, 2.75) is 46.4 Å². The van der Waals surface area contributed by atoms with Crippen LogP contribution in [0.15, 0.2) is 24.3 Å². The van der Waals surface area contributed by atoms with Gasteiger partial charge in [-0.25, -0.2) is 0 Å². The zero-order valence-corrected chi connectivity index (χ0v) is 13.7. The summed E-state index contributed by atoms with van der Waals surface area (Å²) >= 11 is 0. The second kappa shape index (κ2) is 9.53. The molecule has 0 saturated carbocycles. The van der Waals surface area contributed by atoms with Gasteiger partial charge in [0, 0.05) is 19.5 Å². The maximum Gasteiger partial charge on any atom is 0.222 e. The van der Waals surface area contributed by atoms with Gasteiger partial charge in [0.15, 0.2) is 0 Å². The molecule has 0 fully saturated rings. The normalized spacial score (nSPS) is 11.1. The molecule has 21 heavy (non-hydrogen) atoms. The minimum absolute atomic E-state index is 0.0340. The highest BCUT2D eigenvalue weighted by Gasteiger charge is 2.04. The number of rotatable bonds is 9. The average molecular weight is 292 g/mol. The first kappa shape index (κ1) is 17.7. The summed E-state index contributed by atoms with van der Waals surface area (Å²) in [4.78, 5) is 14.0. The minimum Gasteiger partial charge on any atom is -0.378 e. The third-order valence-electron chi connectivity index (χ3n) is 3.25. The summed E-state index contributed by atoms with van der Waals surface area (Å²) in [7, 11) is 2.10. The second-order valence-corrected chi connectivity index (χ2v) is 5.60. The van der Waals surface area contributed by atoms with E-state index in [-0.39, 0.29) is 12.0 Å². The van der Waals surface area contributed by atoms with Crippen LogP contribution in [-0.2, 0) is 22.6 Å². The van der Waals surface area contributed by atoms with Gasteiger partial charge in [0.05, 0.1) is 12.7 Å². The van der Waals surface area contributed by atoms with Gasteiger partial charge in [-0.1, -0.05) is 31.2 Å². The van der Waals surface area contributed by atoms with E-state index in [0.717, 1.165) is 18.7 Å². The Labute approximate surface area is 128 Å². The largest absolute Gasteiger partial charge is 0.378 e. The number of hydrogen-bond donors (Lipinski definition) is 1. The lowest BCUT2D eigenvalue weighted by molar-refractivity contribution is -0.122. The molecule has 0 heterocycles. The van der Waals surface area contributed by atoms with Gasteiger partial charge in [0.25, 0.3) is 0 Å². The van der Waals surface area contributed by atoms with Gasteiger partial charge in [-0.05, 0) is 38.6 Å². The van der Waals surface area contributed by atoms with Gasteiger partial charge < -0.3 is 15.0 Å². The molecule has 1 amide bonds. The van der Waals surface area contributed by atoms with Crippen molar-refractivity contribution in [1.29, 1.82) is 0 Å². The van der Waals surface area contributed by atoms with Crippen molar-refractivity contribution in [2.75, 3.05) is 20.2 Å². The molecule has 1 aromatic carbocycles. The van der Waals surface area contributed by atoms with Crippen molar-refractivity contribution in [3.05, 3.63) is 35.4 Å². The first-order chi connectivity index (χ1) is 10.0. The van der Waals surface area contributed by atoms with Gasteiger partial charge in [-0.2, -0.15) is 0 Å². The summed E-state index contributed by atoms with van der Waals surface area (Å²) in [5.74, 6) is 0.0340. The Bertz CT molecular complexity index is 433. The van der Waals surface area contributed by atoms with E-state index in [4.69, 9.17) is 4.74 Å². The van der Waals surface area contributed by atoms with E-state index in [1.165, 1.54) is 5.56 Å². The van der Waals surface area contributed by atoms with Gasteiger partial charge >= 0.3 is 0 Å². The number of carbonyl (C=O) groups is 1. The van der Waals surface area contributed by atoms with Crippen molar-refractivity contribution in [3.63, 3.8) is 0 Å². The first-order valence-corrected chi connectivity index (χ1v) is 7.66. The molecule has 1 N–H and O–H groups in total. The predicted molar refractivity (Wildman–Crippen MR) is 86.0 cm³/mol. The van der Waals surface area contributed by atoms with Crippen LogP contribution in [-0.4, -0.2) is 37.1 Å². The van der Waals surface area contributed by atoms with Crippen molar-refractivity contribution in [2.24, 2.45) is 0 Å². The lowest BCUT2D eigenvalue weighted by Crippen LogP contribution is -2.24. The molecule has 0 radical (unpaired) electrons. The SMILES string of the molecule is CCN(C)Cc1cccc(CNC(=O)CCOC(C)C)c1.